The van der Waals surface area contributed by atoms with E-state index in [4.69, 9.17) is 4.74 Å². The summed E-state index contributed by atoms with van der Waals surface area (Å²) in [4.78, 5) is 26.1. The van der Waals surface area contributed by atoms with Gasteiger partial charge < -0.3 is 14.7 Å². The number of hydrogen-bond donors (Lipinski definition) is 1. The molecule has 1 aliphatic carbocycles. The highest BCUT2D eigenvalue weighted by atomic mass is 16.5. The minimum absolute atomic E-state index is 0.0762. The SMILES string of the molecule is CCC1CCC(C(=O)N2C(C(=O)O)CC3CCCCC32)O1. The highest BCUT2D eigenvalue weighted by molar-refractivity contribution is 5.87. The summed E-state index contributed by atoms with van der Waals surface area (Å²) in [6.07, 6.45) is 7.18. The predicted molar refractivity (Wildman–Crippen MR) is 76.8 cm³/mol. The van der Waals surface area contributed by atoms with Crippen molar-refractivity contribution < 1.29 is 19.4 Å². The van der Waals surface area contributed by atoms with Crippen LogP contribution in [0, 0.1) is 5.92 Å². The zero-order valence-corrected chi connectivity index (χ0v) is 12.7. The van der Waals surface area contributed by atoms with Crippen molar-refractivity contribution in [2.45, 2.75) is 82.6 Å². The summed E-state index contributed by atoms with van der Waals surface area (Å²) in [6.45, 7) is 2.06. The molecule has 5 nitrogen and oxygen atoms in total. The second-order valence-corrected chi connectivity index (χ2v) is 6.68. The highest BCUT2D eigenvalue weighted by Crippen LogP contribution is 2.41. The van der Waals surface area contributed by atoms with Crippen LogP contribution in [0.15, 0.2) is 0 Å². The van der Waals surface area contributed by atoms with E-state index in [0.717, 1.165) is 44.9 Å². The largest absolute Gasteiger partial charge is 0.480 e. The third-order valence-corrected chi connectivity index (χ3v) is 5.47. The lowest BCUT2D eigenvalue weighted by atomic mass is 9.84. The van der Waals surface area contributed by atoms with Gasteiger partial charge in [0.05, 0.1) is 6.10 Å². The number of carboxylic acids is 1. The lowest BCUT2D eigenvalue weighted by Gasteiger charge is -2.34. The third-order valence-electron chi connectivity index (χ3n) is 5.47. The van der Waals surface area contributed by atoms with Gasteiger partial charge in [0.15, 0.2) is 0 Å². The van der Waals surface area contributed by atoms with Crippen molar-refractivity contribution in [1.82, 2.24) is 4.90 Å². The van der Waals surface area contributed by atoms with E-state index >= 15 is 0 Å². The minimum Gasteiger partial charge on any atom is -0.480 e. The Kier molecular flexibility index (Phi) is 4.20. The molecule has 1 amide bonds. The molecule has 1 saturated carbocycles. The Morgan fingerprint density at radius 2 is 1.95 bits per heavy atom. The summed E-state index contributed by atoms with van der Waals surface area (Å²) in [6, 6.07) is -0.522. The number of ether oxygens (including phenoxy) is 1. The Hall–Kier alpha value is -1.10. The Morgan fingerprint density at radius 1 is 1.19 bits per heavy atom. The van der Waals surface area contributed by atoms with Gasteiger partial charge in [-0.05, 0) is 44.4 Å². The molecule has 0 bridgehead atoms. The second kappa shape index (κ2) is 5.95. The summed E-state index contributed by atoms with van der Waals surface area (Å²) in [5.41, 5.74) is 0. The highest BCUT2D eigenvalue weighted by Gasteiger charge is 2.49. The molecule has 2 aliphatic heterocycles. The topological polar surface area (TPSA) is 66.8 Å². The Morgan fingerprint density at radius 3 is 2.62 bits per heavy atom. The first-order valence-corrected chi connectivity index (χ1v) is 8.32. The molecule has 0 spiro atoms. The van der Waals surface area contributed by atoms with Crippen molar-refractivity contribution in [3.63, 3.8) is 0 Å². The number of likely N-dealkylation sites (tertiary alicyclic amines) is 1. The summed E-state index contributed by atoms with van der Waals surface area (Å²) >= 11 is 0. The number of carboxylic acid groups (broad SMARTS) is 1. The standard InChI is InChI=1S/C16H25NO4/c1-2-11-7-8-14(21-11)15(18)17-12-6-4-3-5-10(12)9-13(17)16(19)20/h10-14H,2-9H2,1H3,(H,19,20). The maximum Gasteiger partial charge on any atom is 0.326 e. The summed E-state index contributed by atoms with van der Waals surface area (Å²) in [5.74, 6) is -0.567. The number of hydrogen-bond acceptors (Lipinski definition) is 3. The first-order valence-electron chi connectivity index (χ1n) is 8.32. The zero-order chi connectivity index (χ0) is 15.0. The first kappa shape index (κ1) is 14.8. The van der Waals surface area contributed by atoms with Crippen molar-refractivity contribution in [3.05, 3.63) is 0 Å². The van der Waals surface area contributed by atoms with E-state index in [2.05, 4.69) is 6.92 Å². The van der Waals surface area contributed by atoms with Gasteiger partial charge in [0.2, 0.25) is 0 Å². The van der Waals surface area contributed by atoms with Crippen LogP contribution in [0.5, 0.6) is 0 Å². The van der Waals surface area contributed by atoms with Gasteiger partial charge in [-0.3, -0.25) is 4.79 Å². The van der Waals surface area contributed by atoms with Crippen LogP contribution < -0.4 is 0 Å². The van der Waals surface area contributed by atoms with Crippen LogP contribution in [0.3, 0.4) is 0 Å². The lowest BCUT2D eigenvalue weighted by molar-refractivity contribution is -0.155. The number of fused-ring (bicyclic) bond motifs is 1. The maximum atomic E-state index is 12.8. The molecule has 0 aromatic rings. The molecule has 0 aromatic heterocycles. The molecule has 5 unspecified atom stereocenters. The fourth-order valence-corrected chi connectivity index (χ4v) is 4.35. The molecular weight excluding hydrogens is 270 g/mol. The van der Waals surface area contributed by atoms with Gasteiger partial charge in [-0.2, -0.15) is 0 Å². The lowest BCUT2D eigenvalue weighted by Crippen LogP contribution is -2.50. The molecular formula is C16H25NO4. The molecule has 3 aliphatic rings. The van der Waals surface area contributed by atoms with Gasteiger partial charge in [-0.1, -0.05) is 19.8 Å². The Balaban J connectivity index is 1.76. The second-order valence-electron chi connectivity index (χ2n) is 6.68. The monoisotopic (exact) mass is 295 g/mol. The van der Waals surface area contributed by atoms with Crippen LogP contribution in [-0.2, 0) is 14.3 Å². The Bertz CT molecular complexity index is 425. The smallest absolute Gasteiger partial charge is 0.326 e. The quantitative estimate of drug-likeness (QED) is 0.866. The van der Waals surface area contributed by atoms with Crippen molar-refractivity contribution in [1.29, 1.82) is 0 Å². The van der Waals surface area contributed by atoms with Gasteiger partial charge in [0.1, 0.15) is 12.1 Å². The first-order chi connectivity index (χ1) is 10.1. The van der Waals surface area contributed by atoms with Gasteiger partial charge >= 0.3 is 5.97 Å². The molecule has 3 fully saturated rings. The molecule has 1 N–H and O–H groups in total. The molecule has 0 aromatic carbocycles. The summed E-state index contributed by atoms with van der Waals surface area (Å²) in [7, 11) is 0. The molecule has 118 valence electrons. The molecule has 3 rings (SSSR count). The molecule has 2 saturated heterocycles. The van der Waals surface area contributed by atoms with Crippen LogP contribution in [-0.4, -0.2) is 46.2 Å². The number of amides is 1. The van der Waals surface area contributed by atoms with Crippen molar-refractivity contribution >= 4 is 11.9 Å². The van der Waals surface area contributed by atoms with E-state index in [1.165, 1.54) is 0 Å². The summed E-state index contributed by atoms with van der Waals surface area (Å²) < 4.78 is 5.81. The summed E-state index contributed by atoms with van der Waals surface area (Å²) in [5, 5.41) is 9.49. The molecule has 0 radical (unpaired) electrons. The number of aliphatic carboxylic acids is 1. The van der Waals surface area contributed by atoms with Crippen LogP contribution >= 0.6 is 0 Å². The van der Waals surface area contributed by atoms with Crippen LogP contribution in [0.4, 0.5) is 0 Å². The van der Waals surface area contributed by atoms with Crippen LogP contribution in [0.1, 0.15) is 58.3 Å². The van der Waals surface area contributed by atoms with Crippen LogP contribution in [0.25, 0.3) is 0 Å². The number of carbonyl (C=O) groups excluding carboxylic acids is 1. The zero-order valence-electron chi connectivity index (χ0n) is 12.7. The van der Waals surface area contributed by atoms with Gasteiger partial charge in [0, 0.05) is 6.04 Å². The fourth-order valence-electron chi connectivity index (χ4n) is 4.35. The van der Waals surface area contributed by atoms with E-state index in [1.54, 1.807) is 4.90 Å². The van der Waals surface area contributed by atoms with Crippen molar-refractivity contribution in [3.8, 4) is 0 Å². The fraction of sp³-hybridized carbons (Fsp3) is 0.875. The van der Waals surface area contributed by atoms with E-state index in [-0.39, 0.29) is 18.1 Å². The van der Waals surface area contributed by atoms with Crippen molar-refractivity contribution in [2.24, 2.45) is 5.92 Å². The number of rotatable bonds is 3. The normalized spacial score (nSPS) is 39.3. The average Bonchev–Trinajstić information content (AvgIpc) is 3.11. The molecule has 5 atom stereocenters. The Labute approximate surface area is 125 Å². The van der Waals surface area contributed by atoms with E-state index in [1.807, 2.05) is 0 Å². The van der Waals surface area contributed by atoms with Crippen molar-refractivity contribution in [2.75, 3.05) is 0 Å². The molecule has 5 heteroatoms. The van der Waals surface area contributed by atoms with Crippen LogP contribution in [0.2, 0.25) is 0 Å². The molecule has 2 heterocycles. The number of nitrogens with zero attached hydrogens (tertiary/aromatic N) is 1. The van der Waals surface area contributed by atoms with E-state index < -0.39 is 18.1 Å². The third kappa shape index (κ3) is 2.68. The minimum atomic E-state index is -0.859. The number of carbonyl (C=O) groups is 2. The predicted octanol–water partition coefficient (Wildman–Crippen LogP) is 2.19. The van der Waals surface area contributed by atoms with E-state index in [0.29, 0.717) is 12.3 Å². The van der Waals surface area contributed by atoms with Gasteiger partial charge in [-0.25, -0.2) is 4.79 Å². The van der Waals surface area contributed by atoms with Gasteiger partial charge in [-0.15, -0.1) is 0 Å². The van der Waals surface area contributed by atoms with Gasteiger partial charge in [0.25, 0.3) is 5.91 Å². The molecule has 21 heavy (non-hydrogen) atoms. The van der Waals surface area contributed by atoms with E-state index in [9.17, 15) is 14.7 Å². The maximum absolute atomic E-state index is 12.8. The average molecular weight is 295 g/mol.